The van der Waals surface area contributed by atoms with Crippen LogP contribution in [-0.2, 0) is 9.84 Å². The zero-order valence-electron chi connectivity index (χ0n) is 12.5. The Bertz CT molecular complexity index is 839. The second-order valence-electron chi connectivity index (χ2n) is 5.05. The molecule has 0 radical (unpaired) electrons. The minimum Gasteiger partial charge on any atom is -0.345 e. The zero-order chi connectivity index (χ0) is 17.9. The molecule has 1 unspecified atom stereocenters. The van der Waals surface area contributed by atoms with Crippen LogP contribution in [0.4, 0.5) is 8.78 Å². The van der Waals surface area contributed by atoms with Crippen LogP contribution in [0.2, 0.25) is 0 Å². The lowest BCUT2D eigenvalue weighted by Gasteiger charge is -2.16. The number of carbonyl (C=O) groups is 1. The van der Waals surface area contributed by atoms with Gasteiger partial charge in [-0.05, 0) is 42.8 Å². The number of alkyl halides is 2. The Hall–Kier alpha value is -1.80. The average Bonchev–Trinajstić information content (AvgIpc) is 2.55. The Morgan fingerprint density at radius 1 is 1.08 bits per heavy atom. The zero-order valence-corrected chi connectivity index (χ0v) is 14.9. The number of nitrogens with one attached hydrogen (secondary N) is 1. The van der Waals surface area contributed by atoms with Crippen LogP contribution < -0.4 is 5.32 Å². The molecule has 24 heavy (non-hydrogen) atoms. The summed E-state index contributed by atoms with van der Waals surface area (Å²) in [7, 11) is -4.66. The minimum absolute atomic E-state index is 0.183. The molecule has 0 saturated carbocycles. The Morgan fingerprint density at radius 2 is 1.67 bits per heavy atom. The molecule has 0 fully saturated rings. The van der Waals surface area contributed by atoms with E-state index in [0.29, 0.717) is 0 Å². The Labute approximate surface area is 146 Å². The number of rotatable bonds is 5. The first-order chi connectivity index (χ1) is 11.2. The van der Waals surface area contributed by atoms with Gasteiger partial charge >= 0.3 is 5.76 Å². The third-order valence-corrected chi connectivity index (χ3v) is 5.52. The van der Waals surface area contributed by atoms with E-state index >= 15 is 0 Å². The van der Waals surface area contributed by atoms with Gasteiger partial charge in [0.1, 0.15) is 0 Å². The highest BCUT2D eigenvalue weighted by Gasteiger charge is 2.26. The maximum Gasteiger partial charge on any atom is 0.341 e. The minimum atomic E-state index is -4.66. The van der Waals surface area contributed by atoms with Crippen molar-refractivity contribution in [3.05, 3.63) is 64.1 Å². The first-order valence-corrected chi connectivity index (χ1v) is 9.25. The van der Waals surface area contributed by atoms with Gasteiger partial charge in [0.15, 0.2) is 0 Å². The van der Waals surface area contributed by atoms with Crippen LogP contribution in [0.3, 0.4) is 0 Å². The molecule has 4 nitrogen and oxygen atoms in total. The van der Waals surface area contributed by atoms with Crippen molar-refractivity contribution in [2.45, 2.75) is 23.6 Å². The van der Waals surface area contributed by atoms with Crippen molar-refractivity contribution in [1.82, 2.24) is 5.32 Å². The summed E-state index contributed by atoms with van der Waals surface area (Å²) in [6.07, 6.45) is 0. The quantitative estimate of drug-likeness (QED) is 0.801. The summed E-state index contributed by atoms with van der Waals surface area (Å²) >= 11 is 3.40. The predicted octanol–water partition coefficient (Wildman–Crippen LogP) is 3.94. The molecule has 2 aromatic rings. The highest BCUT2D eigenvalue weighted by molar-refractivity contribution is 9.10. The van der Waals surface area contributed by atoms with Crippen LogP contribution in [0.1, 0.15) is 28.9 Å². The highest BCUT2D eigenvalue weighted by Crippen LogP contribution is 2.23. The number of hydrogen-bond acceptors (Lipinski definition) is 3. The van der Waals surface area contributed by atoms with Crippen molar-refractivity contribution in [2.24, 2.45) is 0 Å². The van der Waals surface area contributed by atoms with Crippen molar-refractivity contribution in [3.8, 4) is 0 Å². The standard InChI is InChI=1S/C16H14BrF2NO3S/c1-10(13-4-2-3-5-14(13)17)20-15(21)11-6-8-12(9-7-11)24(22,23)16(18)19/h2-10,16H,1H3,(H,20,21). The number of benzene rings is 2. The van der Waals surface area contributed by atoms with Crippen molar-refractivity contribution in [1.29, 1.82) is 0 Å². The molecule has 1 amide bonds. The van der Waals surface area contributed by atoms with Gasteiger partial charge in [-0.1, -0.05) is 34.1 Å². The lowest BCUT2D eigenvalue weighted by Crippen LogP contribution is -2.26. The molecule has 128 valence electrons. The van der Waals surface area contributed by atoms with Crippen molar-refractivity contribution >= 4 is 31.7 Å². The van der Waals surface area contributed by atoms with Crippen LogP contribution in [0.15, 0.2) is 57.9 Å². The number of amides is 1. The van der Waals surface area contributed by atoms with Gasteiger partial charge in [0, 0.05) is 10.0 Å². The van der Waals surface area contributed by atoms with Gasteiger partial charge in [-0.15, -0.1) is 0 Å². The maximum atomic E-state index is 12.5. The fourth-order valence-electron chi connectivity index (χ4n) is 2.08. The molecule has 0 bridgehead atoms. The van der Waals surface area contributed by atoms with E-state index in [4.69, 9.17) is 0 Å². The molecule has 0 aliphatic heterocycles. The summed E-state index contributed by atoms with van der Waals surface area (Å²) in [5.41, 5.74) is 1.06. The third kappa shape index (κ3) is 3.99. The molecule has 0 aromatic heterocycles. The smallest absolute Gasteiger partial charge is 0.341 e. The van der Waals surface area contributed by atoms with E-state index < -0.39 is 26.4 Å². The van der Waals surface area contributed by atoms with E-state index in [2.05, 4.69) is 21.2 Å². The number of sulfone groups is 1. The van der Waals surface area contributed by atoms with Crippen LogP contribution in [0.5, 0.6) is 0 Å². The molecule has 0 saturated heterocycles. The van der Waals surface area contributed by atoms with Crippen molar-refractivity contribution in [2.75, 3.05) is 0 Å². The molecular formula is C16H14BrF2NO3S. The van der Waals surface area contributed by atoms with Gasteiger partial charge < -0.3 is 5.32 Å². The molecule has 1 atom stereocenters. The monoisotopic (exact) mass is 417 g/mol. The summed E-state index contributed by atoms with van der Waals surface area (Å²) < 4.78 is 48.5. The van der Waals surface area contributed by atoms with Crippen molar-refractivity contribution < 1.29 is 22.0 Å². The summed E-state index contributed by atoms with van der Waals surface area (Å²) in [5, 5.41) is 2.77. The van der Waals surface area contributed by atoms with Crippen molar-refractivity contribution in [3.63, 3.8) is 0 Å². The van der Waals surface area contributed by atoms with E-state index in [0.717, 1.165) is 22.2 Å². The molecule has 0 aliphatic carbocycles. The Kier molecular flexibility index (Phi) is 5.71. The first-order valence-electron chi connectivity index (χ1n) is 6.91. The fraction of sp³-hybridized carbons (Fsp3) is 0.188. The van der Waals surface area contributed by atoms with Crippen LogP contribution in [-0.4, -0.2) is 20.1 Å². The molecule has 0 spiro atoms. The second-order valence-corrected chi connectivity index (χ2v) is 7.82. The van der Waals surface area contributed by atoms with Crippen LogP contribution in [0, 0.1) is 0 Å². The van der Waals surface area contributed by atoms with Gasteiger partial charge in [0.05, 0.1) is 10.9 Å². The Morgan fingerprint density at radius 3 is 2.21 bits per heavy atom. The molecule has 2 aromatic carbocycles. The average molecular weight is 418 g/mol. The molecule has 2 rings (SSSR count). The number of hydrogen-bond donors (Lipinski definition) is 1. The van der Waals surface area contributed by atoms with Gasteiger partial charge in [-0.2, -0.15) is 8.78 Å². The van der Waals surface area contributed by atoms with Gasteiger partial charge in [-0.25, -0.2) is 8.42 Å². The summed E-state index contributed by atoms with van der Waals surface area (Å²) in [6, 6.07) is 11.5. The van der Waals surface area contributed by atoms with E-state index in [1.165, 1.54) is 12.1 Å². The van der Waals surface area contributed by atoms with Crippen LogP contribution in [0.25, 0.3) is 0 Å². The Balaban J connectivity index is 2.15. The number of halogens is 3. The van der Waals surface area contributed by atoms with Gasteiger partial charge in [0.25, 0.3) is 5.91 Å². The molecular weight excluding hydrogens is 404 g/mol. The first kappa shape index (κ1) is 18.5. The SMILES string of the molecule is CC(NC(=O)c1ccc(S(=O)(=O)C(F)F)cc1)c1ccccc1Br. The van der Waals surface area contributed by atoms with E-state index in [9.17, 15) is 22.0 Å². The van der Waals surface area contributed by atoms with E-state index in [1.54, 1.807) is 6.92 Å². The van der Waals surface area contributed by atoms with Crippen LogP contribution >= 0.6 is 15.9 Å². The third-order valence-electron chi connectivity index (χ3n) is 3.40. The molecule has 0 heterocycles. The van der Waals surface area contributed by atoms with Gasteiger partial charge in [-0.3, -0.25) is 4.79 Å². The largest absolute Gasteiger partial charge is 0.345 e. The predicted molar refractivity (Wildman–Crippen MR) is 89.7 cm³/mol. The molecule has 0 aliphatic rings. The summed E-state index contributed by atoms with van der Waals surface area (Å²) in [6.45, 7) is 1.80. The van der Waals surface area contributed by atoms with E-state index in [1.807, 2.05) is 24.3 Å². The molecule has 8 heteroatoms. The lowest BCUT2D eigenvalue weighted by atomic mass is 10.1. The fourth-order valence-corrected chi connectivity index (χ4v) is 3.43. The summed E-state index contributed by atoms with van der Waals surface area (Å²) in [5.74, 6) is -3.92. The topological polar surface area (TPSA) is 63.2 Å². The van der Waals surface area contributed by atoms with Gasteiger partial charge in [0.2, 0.25) is 9.84 Å². The number of carbonyl (C=O) groups excluding carboxylic acids is 1. The second kappa shape index (κ2) is 7.40. The lowest BCUT2D eigenvalue weighted by molar-refractivity contribution is 0.0939. The summed E-state index contributed by atoms with van der Waals surface area (Å²) in [4.78, 5) is 11.7. The maximum absolute atomic E-state index is 12.5. The van der Waals surface area contributed by atoms with E-state index in [-0.39, 0.29) is 11.6 Å². The normalized spacial score (nSPS) is 12.9. The molecule has 1 N–H and O–H groups in total. The highest BCUT2D eigenvalue weighted by atomic mass is 79.9.